The summed E-state index contributed by atoms with van der Waals surface area (Å²) in [7, 11) is 3.09. The van der Waals surface area contributed by atoms with Gasteiger partial charge in [-0.15, -0.1) is 0 Å². The Morgan fingerprint density at radius 3 is 2.60 bits per heavy atom. The number of hydrogen-bond acceptors (Lipinski definition) is 5. The Labute approximate surface area is 144 Å². The van der Waals surface area contributed by atoms with Crippen molar-refractivity contribution in [1.29, 1.82) is 0 Å². The molecular weight excluding hydrogens is 322 g/mol. The van der Waals surface area contributed by atoms with Crippen LogP contribution < -0.4 is 15.0 Å². The molecule has 0 aliphatic rings. The van der Waals surface area contributed by atoms with E-state index < -0.39 is 5.97 Å². The van der Waals surface area contributed by atoms with E-state index in [0.717, 1.165) is 0 Å². The number of carbonyl (C=O) groups is 1. The Morgan fingerprint density at radius 2 is 1.84 bits per heavy atom. The second kappa shape index (κ2) is 7.09. The largest absolute Gasteiger partial charge is 0.497 e. The number of fused-ring (bicyclic) bond motifs is 1. The fraction of sp³-hybridized carbons (Fsp3) is 0.158. The highest BCUT2D eigenvalue weighted by molar-refractivity contribution is 5.92. The van der Waals surface area contributed by atoms with Gasteiger partial charge in [-0.1, -0.05) is 18.2 Å². The van der Waals surface area contributed by atoms with Crippen LogP contribution in [0, 0.1) is 0 Å². The molecule has 0 aliphatic heterocycles. The van der Waals surface area contributed by atoms with E-state index in [1.54, 1.807) is 55.6 Å². The predicted molar refractivity (Wildman–Crippen MR) is 93.2 cm³/mol. The lowest BCUT2D eigenvalue weighted by molar-refractivity contribution is 0.0463. The second-order valence-corrected chi connectivity index (χ2v) is 5.35. The van der Waals surface area contributed by atoms with E-state index in [2.05, 4.69) is 4.98 Å². The Hall–Kier alpha value is -3.28. The van der Waals surface area contributed by atoms with Crippen molar-refractivity contribution in [1.82, 2.24) is 4.98 Å². The van der Waals surface area contributed by atoms with Crippen molar-refractivity contribution >= 4 is 16.7 Å². The molecule has 0 aliphatic carbocycles. The number of rotatable bonds is 5. The third-order valence-corrected chi connectivity index (χ3v) is 3.82. The molecule has 6 heteroatoms. The monoisotopic (exact) mass is 339 g/mol. The van der Waals surface area contributed by atoms with E-state index in [9.17, 15) is 9.59 Å². The minimum Gasteiger partial charge on any atom is -0.497 e. The molecule has 0 unspecified atom stereocenters. The molecule has 1 heterocycles. The van der Waals surface area contributed by atoms with E-state index in [4.69, 9.17) is 14.2 Å². The summed E-state index contributed by atoms with van der Waals surface area (Å²) in [5, 5.41) is 1.20. The summed E-state index contributed by atoms with van der Waals surface area (Å²) in [6, 6.07) is 13.9. The topological polar surface area (TPSA) is 77.6 Å². The highest BCUT2D eigenvalue weighted by atomic mass is 16.5. The number of methoxy groups -OCH3 is 2. The van der Waals surface area contributed by atoms with Gasteiger partial charge in [-0.2, -0.15) is 0 Å². The zero-order chi connectivity index (χ0) is 17.8. The maximum Gasteiger partial charge on any atom is 0.355 e. The summed E-state index contributed by atoms with van der Waals surface area (Å²) in [6.45, 7) is -0.00589. The molecule has 3 aromatic rings. The van der Waals surface area contributed by atoms with Crippen LogP contribution in [-0.4, -0.2) is 25.2 Å². The molecule has 3 rings (SSSR count). The molecule has 0 amide bonds. The van der Waals surface area contributed by atoms with E-state index in [-0.39, 0.29) is 17.9 Å². The molecule has 0 fully saturated rings. The standard InChI is InChI=1S/C19H17NO5/c1-23-14-7-8-17(24-2)13(9-14)11-25-19(22)16-10-12-5-3-4-6-15(12)18(21)20-16/h3-10H,11H2,1-2H3,(H,20,21). The smallest absolute Gasteiger partial charge is 0.355 e. The van der Waals surface area contributed by atoms with Crippen LogP contribution in [0.1, 0.15) is 16.1 Å². The highest BCUT2D eigenvalue weighted by Gasteiger charge is 2.13. The molecule has 0 bridgehead atoms. The number of pyridine rings is 1. The quantitative estimate of drug-likeness (QED) is 0.723. The van der Waals surface area contributed by atoms with Gasteiger partial charge < -0.3 is 19.2 Å². The SMILES string of the molecule is COc1ccc(OC)c(COC(=O)c2cc3ccccc3c(=O)[nH]2)c1. The average molecular weight is 339 g/mol. The van der Waals surface area contributed by atoms with Crippen LogP contribution in [0.4, 0.5) is 0 Å². The Balaban J connectivity index is 1.83. The maximum absolute atomic E-state index is 12.3. The molecule has 0 saturated carbocycles. The molecule has 2 aromatic carbocycles. The summed E-state index contributed by atoms with van der Waals surface area (Å²) in [5.74, 6) is 0.597. The van der Waals surface area contributed by atoms with Gasteiger partial charge in [0.05, 0.1) is 14.2 Å². The minimum absolute atomic E-state index is 0.00589. The minimum atomic E-state index is -0.618. The highest BCUT2D eigenvalue weighted by Crippen LogP contribution is 2.25. The van der Waals surface area contributed by atoms with Crippen molar-refractivity contribution < 1.29 is 19.0 Å². The van der Waals surface area contributed by atoms with Crippen molar-refractivity contribution in [3.63, 3.8) is 0 Å². The molecule has 1 N–H and O–H groups in total. The third kappa shape index (κ3) is 3.47. The number of H-pyrrole nitrogens is 1. The van der Waals surface area contributed by atoms with Crippen molar-refractivity contribution in [3.05, 3.63) is 70.1 Å². The van der Waals surface area contributed by atoms with E-state index in [0.29, 0.717) is 27.8 Å². The number of aromatic amines is 1. The number of benzene rings is 2. The number of aromatic nitrogens is 1. The molecule has 1 aromatic heterocycles. The number of esters is 1. The number of ether oxygens (including phenoxy) is 3. The van der Waals surface area contributed by atoms with E-state index >= 15 is 0 Å². The van der Waals surface area contributed by atoms with Gasteiger partial charge in [0.15, 0.2) is 0 Å². The lowest BCUT2D eigenvalue weighted by atomic mass is 10.1. The number of nitrogens with one attached hydrogen (secondary N) is 1. The van der Waals surface area contributed by atoms with Crippen LogP contribution in [-0.2, 0) is 11.3 Å². The molecular formula is C19H17NO5. The van der Waals surface area contributed by atoms with Gasteiger partial charge in [0, 0.05) is 10.9 Å². The normalized spacial score (nSPS) is 10.5. The van der Waals surface area contributed by atoms with Gasteiger partial charge in [0.1, 0.15) is 23.8 Å². The first-order valence-corrected chi connectivity index (χ1v) is 7.62. The molecule has 0 saturated heterocycles. The Bertz CT molecular complexity index is 977. The Kier molecular flexibility index (Phi) is 4.70. The number of carbonyl (C=O) groups excluding carboxylic acids is 1. The first kappa shape index (κ1) is 16.6. The van der Waals surface area contributed by atoms with E-state index in [1.807, 2.05) is 0 Å². The van der Waals surface area contributed by atoms with Crippen LogP contribution in [0.25, 0.3) is 10.8 Å². The molecule has 6 nitrogen and oxygen atoms in total. The summed E-state index contributed by atoms with van der Waals surface area (Å²) in [4.78, 5) is 26.9. The lowest BCUT2D eigenvalue weighted by Gasteiger charge is -2.11. The van der Waals surface area contributed by atoms with Crippen LogP contribution in [0.3, 0.4) is 0 Å². The number of hydrogen-bond donors (Lipinski definition) is 1. The second-order valence-electron chi connectivity index (χ2n) is 5.35. The van der Waals surface area contributed by atoms with Crippen LogP contribution in [0.2, 0.25) is 0 Å². The molecule has 0 spiro atoms. The molecule has 0 atom stereocenters. The molecule has 128 valence electrons. The first-order valence-electron chi connectivity index (χ1n) is 7.62. The zero-order valence-electron chi connectivity index (χ0n) is 13.9. The van der Waals surface area contributed by atoms with Gasteiger partial charge in [0.2, 0.25) is 0 Å². The average Bonchev–Trinajstić information content (AvgIpc) is 2.65. The van der Waals surface area contributed by atoms with Crippen molar-refractivity contribution in [3.8, 4) is 11.5 Å². The van der Waals surface area contributed by atoms with Crippen molar-refractivity contribution in [2.45, 2.75) is 6.61 Å². The molecule has 25 heavy (non-hydrogen) atoms. The first-order chi connectivity index (χ1) is 12.1. The van der Waals surface area contributed by atoms with Crippen molar-refractivity contribution in [2.75, 3.05) is 14.2 Å². The third-order valence-electron chi connectivity index (χ3n) is 3.82. The van der Waals surface area contributed by atoms with Gasteiger partial charge in [-0.05, 0) is 35.7 Å². The van der Waals surface area contributed by atoms with Gasteiger partial charge in [-0.3, -0.25) is 4.79 Å². The fourth-order valence-electron chi connectivity index (χ4n) is 2.54. The van der Waals surface area contributed by atoms with Crippen molar-refractivity contribution in [2.24, 2.45) is 0 Å². The summed E-state index contributed by atoms with van der Waals surface area (Å²) >= 11 is 0. The molecule has 0 radical (unpaired) electrons. The van der Waals surface area contributed by atoms with Gasteiger partial charge >= 0.3 is 5.97 Å². The maximum atomic E-state index is 12.3. The lowest BCUT2D eigenvalue weighted by Crippen LogP contribution is -2.15. The predicted octanol–water partition coefficient (Wildman–Crippen LogP) is 2.90. The fourth-order valence-corrected chi connectivity index (χ4v) is 2.54. The van der Waals surface area contributed by atoms with E-state index in [1.165, 1.54) is 7.11 Å². The summed E-state index contributed by atoms with van der Waals surface area (Å²) in [6.07, 6.45) is 0. The zero-order valence-corrected chi connectivity index (χ0v) is 13.9. The van der Waals surface area contributed by atoms with Crippen LogP contribution in [0.15, 0.2) is 53.3 Å². The van der Waals surface area contributed by atoms with Gasteiger partial charge in [0.25, 0.3) is 5.56 Å². The van der Waals surface area contributed by atoms with Crippen LogP contribution in [0.5, 0.6) is 11.5 Å². The Morgan fingerprint density at radius 1 is 1.04 bits per heavy atom. The van der Waals surface area contributed by atoms with Gasteiger partial charge in [-0.25, -0.2) is 4.79 Å². The van der Waals surface area contributed by atoms with Crippen LogP contribution >= 0.6 is 0 Å². The summed E-state index contributed by atoms with van der Waals surface area (Å²) in [5.41, 5.74) is 0.438. The summed E-state index contributed by atoms with van der Waals surface area (Å²) < 4.78 is 15.7.